The third-order valence-electron chi connectivity index (χ3n) is 5.32. The summed E-state index contributed by atoms with van der Waals surface area (Å²) >= 11 is 0. The first-order valence-electron chi connectivity index (χ1n) is 9.50. The van der Waals surface area contributed by atoms with E-state index in [1.807, 2.05) is 30.3 Å². The molecule has 25 heavy (non-hydrogen) atoms. The van der Waals surface area contributed by atoms with E-state index in [2.05, 4.69) is 5.32 Å². The van der Waals surface area contributed by atoms with E-state index in [4.69, 9.17) is 0 Å². The number of hydrogen-bond acceptors (Lipinski definition) is 2. The van der Waals surface area contributed by atoms with Gasteiger partial charge in [0.2, 0.25) is 11.8 Å². The van der Waals surface area contributed by atoms with Crippen LogP contribution in [0.4, 0.5) is 0 Å². The van der Waals surface area contributed by atoms with Crippen LogP contribution in [-0.2, 0) is 9.59 Å². The predicted octanol–water partition coefficient (Wildman–Crippen LogP) is 4.18. The fraction of sp³-hybridized carbons (Fsp3) is 0.524. The normalized spacial score (nSPS) is 21.2. The van der Waals surface area contributed by atoms with Crippen molar-refractivity contribution >= 4 is 17.9 Å². The van der Waals surface area contributed by atoms with E-state index in [0.29, 0.717) is 6.42 Å². The van der Waals surface area contributed by atoms with Gasteiger partial charge in [-0.1, -0.05) is 56.4 Å². The van der Waals surface area contributed by atoms with Crippen molar-refractivity contribution in [2.75, 3.05) is 0 Å². The quantitative estimate of drug-likeness (QED) is 0.897. The molecule has 1 atom stereocenters. The van der Waals surface area contributed by atoms with Crippen molar-refractivity contribution in [1.82, 2.24) is 10.2 Å². The summed E-state index contributed by atoms with van der Waals surface area (Å²) in [6, 6.07) is 8.07. The van der Waals surface area contributed by atoms with Crippen molar-refractivity contribution in [3.05, 3.63) is 41.6 Å². The average molecular weight is 340 g/mol. The Labute approximate surface area is 150 Å². The third kappa shape index (κ3) is 4.50. The molecule has 0 saturated heterocycles. The topological polar surface area (TPSA) is 49.4 Å². The molecular weight excluding hydrogens is 312 g/mol. The van der Waals surface area contributed by atoms with E-state index in [9.17, 15) is 9.59 Å². The van der Waals surface area contributed by atoms with E-state index in [1.165, 1.54) is 32.1 Å². The summed E-state index contributed by atoms with van der Waals surface area (Å²) in [5.74, 6) is 0.0152. The van der Waals surface area contributed by atoms with Gasteiger partial charge in [0.25, 0.3) is 0 Å². The molecule has 1 heterocycles. The minimum Gasteiger partial charge on any atom is -0.353 e. The molecule has 1 aliphatic heterocycles. The summed E-state index contributed by atoms with van der Waals surface area (Å²) in [5.41, 5.74) is 2.14. The Bertz CT molecular complexity index is 645. The van der Waals surface area contributed by atoms with Gasteiger partial charge in [0.05, 0.1) is 12.5 Å². The Hall–Kier alpha value is -2.10. The minimum absolute atomic E-state index is 0.0329. The van der Waals surface area contributed by atoms with Crippen LogP contribution in [0, 0.1) is 0 Å². The molecule has 1 aliphatic carbocycles. The summed E-state index contributed by atoms with van der Waals surface area (Å²) in [6.07, 6.45) is 12.5. The van der Waals surface area contributed by atoms with Crippen molar-refractivity contribution in [2.45, 2.75) is 70.4 Å². The minimum atomic E-state index is -0.216. The molecule has 4 nitrogen and oxygen atoms in total. The molecule has 0 radical (unpaired) electrons. The van der Waals surface area contributed by atoms with Crippen molar-refractivity contribution in [3.63, 3.8) is 0 Å². The Kier molecular flexibility index (Phi) is 5.90. The molecule has 2 amide bonds. The molecule has 1 saturated carbocycles. The van der Waals surface area contributed by atoms with Gasteiger partial charge in [-0.15, -0.1) is 0 Å². The van der Waals surface area contributed by atoms with Crippen molar-refractivity contribution in [3.8, 4) is 0 Å². The second kappa shape index (κ2) is 8.32. The van der Waals surface area contributed by atoms with Gasteiger partial charge in [-0.05, 0) is 30.0 Å². The van der Waals surface area contributed by atoms with Crippen LogP contribution in [0.1, 0.15) is 75.5 Å². The lowest BCUT2D eigenvalue weighted by atomic mass is 9.93. The molecule has 2 aliphatic rings. The molecule has 134 valence electrons. The van der Waals surface area contributed by atoms with Crippen LogP contribution >= 0.6 is 0 Å². The van der Waals surface area contributed by atoms with Gasteiger partial charge in [-0.25, -0.2) is 0 Å². The number of amides is 2. The summed E-state index contributed by atoms with van der Waals surface area (Å²) in [6.45, 7) is 1.55. The molecule has 1 aromatic rings. The van der Waals surface area contributed by atoms with Gasteiger partial charge >= 0.3 is 0 Å². The van der Waals surface area contributed by atoms with Gasteiger partial charge < -0.3 is 10.2 Å². The summed E-state index contributed by atoms with van der Waals surface area (Å²) in [5, 5.41) is 3.22. The maximum absolute atomic E-state index is 12.7. The number of benzene rings is 1. The first-order valence-corrected chi connectivity index (χ1v) is 9.50. The van der Waals surface area contributed by atoms with Crippen LogP contribution in [0.2, 0.25) is 0 Å². The fourth-order valence-electron chi connectivity index (χ4n) is 3.98. The maximum Gasteiger partial charge on any atom is 0.223 e. The van der Waals surface area contributed by atoms with Crippen molar-refractivity contribution in [2.24, 2.45) is 0 Å². The zero-order valence-electron chi connectivity index (χ0n) is 15.0. The smallest absolute Gasteiger partial charge is 0.223 e. The predicted molar refractivity (Wildman–Crippen MR) is 99.6 cm³/mol. The van der Waals surface area contributed by atoms with Crippen LogP contribution in [0.3, 0.4) is 0 Å². The summed E-state index contributed by atoms with van der Waals surface area (Å²) in [7, 11) is 0. The first-order chi connectivity index (χ1) is 12.1. The maximum atomic E-state index is 12.7. The van der Waals surface area contributed by atoms with Gasteiger partial charge in [0, 0.05) is 19.2 Å². The lowest BCUT2D eigenvalue weighted by Crippen LogP contribution is -2.39. The molecular formula is C21H28N2O2. The lowest BCUT2D eigenvalue weighted by molar-refractivity contribution is -0.130. The number of carbonyl (C=O) groups excluding carboxylic acids is 2. The lowest BCUT2D eigenvalue weighted by Gasteiger charge is -2.33. The van der Waals surface area contributed by atoms with Crippen LogP contribution in [-0.4, -0.2) is 22.8 Å². The summed E-state index contributed by atoms with van der Waals surface area (Å²) < 4.78 is 0. The van der Waals surface area contributed by atoms with E-state index in [0.717, 1.165) is 24.0 Å². The van der Waals surface area contributed by atoms with E-state index in [1.54, 1.807) is 18.0 Å². The second-order valence-electron chi connectivity index (χ2n) is 7.20. The number of hydrogen-bond donors (Lipinski definition) is 1. The summed E-state index contributed by atoms with van der Waals surface area (Å²) in [4.78, 5) is 26.4. The standard InChI is InChI=1S/C21H28N2O2/c1-16(24)23-14-13-17-9-7-8-12-19(17)20(23)15-21(25)22-18-10-5-3-2-4-6-11-18/h7-9,12-14,18,20H,2-6,10-11,15H2,1H3,(H,22,25). The largest absolute Gasteiger partial charge is 0.353 e. The molecule has 1 unspecified atom stereocenters. The highest BCUT2D eigenvalue weighted by atomic mass is 16.2. The van der Waals surface area contributed by atoms with Crippen LogP contribution < -0.4 is 5.32 Å². The van der Waals surface area contributed by atoms with Crippen LogP contribution in [0.15, 0.2) is 30.5 Å². The SMILES string of the molecule is CC(=O)N1C=Cc2ccccc2C1CC(=O)NC1CCCCCCC1. The van der Waals surface area contributed by atoms with Crippen LogP contribution in [0.25, 0.3) is 6.08 Å². The molecule has 1 aromatic carbocycles. The van der Waals surface area contributed by atoms with Gasteiger partial charge in [-0.2, -0.15) is 0 Å². The highest BCUT2D eigenvalue weighted by Gasteiger charge is 2.28. The average Bonchev–Trinajstić information content (AvgIpc) is 2.57. The number of fused-ring (bicyclic) bond motifs is 1. The number of carbonyl (C=O) groups is 2. The third-order valence-corrected chi connectivity index (χ3v) is 5.32. The van der Waals surface area contributed by atoms with Gasteiger partial charge in [0.15, 0.2) is 0 Å². The monoisotopic (exact) mass is 340 g/mol. The Morgan fingerprint density at radius 3 is 2.48 bits per heavy atom. The highest BCUT2D eigenvalue weighted by Crippen LogP contribution is 2.32. The van der Waals surface area contributed by atoms with Crippen molar-refractivity contribution < 1.29 is 9.59 Å². The Morgan fingerprint density at radius 1 is 1.08 bits per heavy atom. The van der Waals surface area contributed by atoms with E-state index in [-0.39, 0.29) is 23.9 Å². The Morgan fingerprint density at radius 2 is 1.76 bits per heavy atom. The van der Waals surface area contributed by atoms with Gasteiger partial charge in [-0.3, -0.25) is 9.59 Å². The zero-order chi connectivity index (χ0) is 17.6. The molecule has 0 spiro atoms. The number of nitrogens with zero attached hydrogens (tertiary/aromatic N) is 1. The molecule has 4 heteroatoms. The highest BCUT2D eigenvalue weighted by molar-refractivity contribution is 5.82. The molecule has 1 fully saturated rings. The van der Waals surface area contributed by atoms with Crippen LogP contribution in [0.5, 0.6) is 0 Å². The van der Waals surface area contributed by atoms with Gasteiger partial charge in [0.1, 0.15) is 0 Å². The second-order valence-corrected chi connectivity index (χ2v) is 7.20. The zero-order valence-corrected chi connectivity index (χ0v) is 15.0. The van der Waals surface area contributed by atoms with E-state index >= 15 is 0 Å². The molecule has 3 rings (SSSR count). The number of rotatable bonds is 3. The van der Waals surface area contributed by atoms with Crippen molar-refractivity contribution in [1.29, 1.82) is 0 Å². The molecule has 1 N–H and O–H groups in total. The Balaban J connectivity index is 1.69. The first kappa shape index (κ1) is 17.7. The fourth-order valence-corrected chi connectivity index (χ4v) is 3.98. The molecule has 0 aromatic heterocycles. The number of nitrogens with one attached hydrogen (secondary N) is 1. The molecule has 0 bridgehead atoms. The van der Waals surface area contributed by atoms with E-state index < -0.39 is 0 Å².